The van der Waals surface area contributed by atoms with Crippen molar-refractivity contribution in [1.82, 2.24) is 4.31 Å². The molecule has 0 radical (unpaired) electrons. The summed E-state index contributed by atoms with van der Waals surface area (Å²) in [6.45, 7) is 1.75. The van der Waals surface area contributed by atoms with E-state index in [1.807, 2.05) is 0 Å². The van der Waals surface area contributed by atoms with Crippen molar-refractivity contribution in [1.29, 1.82) is 0 Å². The number of ether oxygens (including phenoxy) is 2. The minimum Gasteiger partial charge on any atom is -0.486 e. The van der Waals surface area contributed by atoms with Gasteiger partial charge in [-0.1, -0.05) is 29.6 Å². The van der Waals surface area contributed by atoms with E-state index in [2.05, 4.69) is 5.32 Å². The quantitative estimate of drug-likeness (QED) is 0.723. The number of hydrogen-bond donors (Lipinski definition) is 1. The molecule has 0 atom stereocenters. The molecule has 160 valence electrons. The summed E-state index contributed by atoms with van der Waals surface area (Å²) in [6.07, 6.45) is 2.58. The number of fused-ring (bicyclic) bond motifs is 1. The molecular weight excluding hydrogens is 451 g/mol. The van der Waals surface area contributed by atoms with Crippen LogP contribution in [-0.4, -0.2) is 44.9 Å². The lowest BCUT2D eigenvalue weighted by Crippen LogP contribution is -2.35. The molecule has 2 aromatic carbocycles. The number of carbonyl (C=O) groups is 1. The molecule has 1 amide bonds. The molecule has 0 aliphatic carbocycles. The number of nitrogens with zero attached hydrogens (tertiary/aromatic N) is 1. The van der Waals surface area contributed by atoms with Crippen molar-refractivity contribution in [2.45, 2.75) is 24.2 Å². The summed E-state index contributed by atoms with van der Waals surface area (Å²) in [5, 5.41) is 2.77. The largest absolute Gasteiger partial charge is 0.486 e. The second-order valence-corrected chi connectivity index (χ2v) is 9.76. The van der Waals surface area contributed by atoms with Crippen LogP contribution in [0.5, 0.6) is 11.5 Å². The third kappa shape index (κ3) is 4.23. The van der Waals surface area contributed by atoms with Gasteiger partial charge in [0.05, 0.1) is 15.6 Å². The first-order valence-electron chi connectivity index (χ1n) is 9.56. The van der Waals surface area contributed by atoms with Crippen molar-refractivity contribution in [2.75, 3.05) is 31.6 Å². The normalized spacial score (nSPS) is 16.9. The van der Waals surface area contributed by atoms with Gasteiger partial charge in [0, 0.05) is 24.8 Å². The molecule has 1 fully saturated rings. The van der Waals surface area contributed by atoms with Crippen LogP contribution in [0.1, 0.15) is 29.6 Å². The Morgan fingerprint density at radius 1 is 0.933 bits per heavy atom. The highest BCUT2D eigenvalue weighted by Gasteiger charge is 2.30. The Labute approximate surface area is 184 Å². The van der Waals surface area contributed by atoms with Crippen LogP contribution in [0.2, 0.25) is 10.0 Å². The lowest BCUT2D eigenvalue weighted by atomic mass is 10.2. The highest BCUT2D eigenvalue weighted by Crippen LogP contribution is 2.34. The minimum absolute atomic E-state index is 0.0125. The summed E-state index contributed by atoms with van der Waals surface area (Å²) in [7, 11) is -3.82. The van der Waals surface area contributed by atoms with Crippen LogP contribution < -0.4 is 14.8 Å². The molecule has 7 nitrogen and oxygen atoms in total. The number of piperidine rings is 1. The standard InChI is InChI=1S/C20H20Cl2N2O5S/c21-15-12-16(22)19(30(26,27)24-6-2-1-3-7-24)11-14(15)20(25)23-13-4-5-17-18(10-13)29-9-8-28-17/h4-5,10-12H,1-3,6-9H2,(H,23,25). The summed E-state index contributed by atoms with van der Waals surface area (Å²) >= 11 is 12.4. The van der Waals surface area contributed by atoms with E-state index in [0.717, 1.165) is 19.3 Å². The predicted molar refractivity (Wildman–Crippen MR) is 114 cm³/mol. The molecule has 0 spiro atoms. The fourth-order valence-electron chi connectivity index (χ4n) is 3.46. The van der Waals surface area contributed by atoms with Gasteiger partial charge >= 0.3 is 0 Å². The van der Waals surface area contributed by atoms with Gasteiger partial charge in [-0.05, 0) is 37.1 Å². The van der Waals surface area contributed by atoms with Gasteiger partial charge in [-0.15, -0.1) is 0 Å². The van der Waals surface area contributed by atoms with Crippen molar-refractivity contribution in [3.8, 4) is 11.5 Å². The van der Waals surface area contributed by atoms with E-state index in [0.29, 0.717) is 43.5 Å². The second-order valence-electron chi connectivity index (χ2n) is 7.04. The molecule has 2 aliphatic rings. The topological polar surface area (TPSA) is 84.9 Å². The summed E-state index contributed by atoms with van der Waals surface area (Å²) in [5.74, 6) is 0.566. The molecule has 2 heterocycles. The van der Waals surface area contributed by atoms with Crippen LogP contribution in [0, 0.1) is 0 Å². The van der Waals surface area contributed by atoms with E-state index in [9.17, 15) is 13.2 Å². The Balaban J connectivity index is 1.62. The van der Waals surface area contributed by atoms with E-state index in [1.54, 1.807) is 18.2 Å². The zero-order chi connectivity index (χ0) is 21.3. The number of carbonyl (C=O) groups excluding carboxylic acids is 1. The average molecular weight is 471 g/mol. The Morgan fingerprint density at radius 3 is 2.37 bits per heavy atom. The third-order valence-corrected chi connectivity index (χ3v) is 7.68. The van der Waals surface area contributed by atoms with Crippen LogP contribution in [0.25, 0.3) is 0 Å². The summed E-state index contributed by atoms with van der Waals surface area (Å²) in [6, 6.07) is 7.53. The van der Waals surface area contributed by atoms with Gasteiger partial charge in [0.2, 0.25) is 10.0 Å². The maximum Gasteiger partial charge on any atom is 0.257 e. The smallest absolute Gasteiger partial charge is 0.257 e. The Kier molecular flexibility index (Phi) is 6.11. The molecule has 30 heavy (non-hydrogen) atoms. The molecule has 2 aromatic rings. The number of anilines is 1. The van der Waals surface area contributed by atoms with Crippen LogP contribution in [0.3, 0.4) is 0 Å². The van der Waals surface area contributed by atoms with E-state index < -0.39 is 15.9 Å². The van der Waals surface area contributed by atoms with Crippen molar-refractivity contribution in [3.05, 3.63) is 45.9 Å². The number of amides is 1. The third-order valence-electron chi connectivity index (χ3n) is 5.00. The van der Waals surface area contributed by atoms with Gasteiger partial charge in [-0.2, -0.15) is 4.31 Å². The van der Waals surface area contributed by atoms with Crippen molar-refractivity contribution < 1.29 is 22.7 Å². The zero-order valence-electron chi connectivity index (χ0n) is 16.0. The molecule has 1 N–H and O–H groups in total. The number of nitrogens with one attached hydrogen (secondary N) is 1. The first-order chi connectivity index (χ1) is 14.4. The summed E-state index contributed by atoms with van der Waals surface area (Å²) in [4.78, 5) is 12.7. The molecule has 0 bridgehead atoms. The van der Waals surface area contributed by atoms with E-state index >= 15 is 0 Å². The number of hydrogen-bond acceptors (Lipinski definition) is 5. The molecule has 4 rings (SSSR count). The lowest BCUT2D eigenvalue weighted by molar-refractivity contribution is 0.102. The highest BCUT2D eigenvalue weighted by molar-refractivity contribution is 7.89. The first kappa shape index (κ1) is 21.2. The van der Waals surface area contributed by atoms with E-state index in [1.165, 1.54) is 16.4 Å². The Hall–Kier alpha value is -2.00. The number of benzene rings is 2. The number of halogens is 2. The van der Waals surface area contributed by atoms with E-state index in [-0.39, 0.29) is 20.5 Å². The fourth-order valence-corrected chi connectivity index (χ4v) is 5.82. The predicted octanol–water partition coefficient (Wildman–Crippen LogP) is 4.19. The number of rotatable bonds is 4. The first-order valence-corrected chi connectivity index (χ1v) is 11.8. The number of sulfonamides is 1. The lowest BCUT2D eigenvalue weighted by Gasteiger charge is -2.26. The SMILES string of the molecule is O=C(Nc1ccc2c(c1)OCCO2)c1cc(S(=O)(=O)N2CCCCC2)c(Cl)cc1Cl. The van der Waals surface area contributed by atoms with Gasteiger partial charge in [0.25, 0.3) is 5.91 Å². The van der Waals surface area contributed by atoms with Gasteiger partial charge < -0.3 is 14.8 Å². The maximum atomic E-state index is 13.0. The Bertz CT molecular complexity index is 1080. The fraction of sp³-hybridized carbons (Fsp3) is 0.350. The maximum absolute atomic E-state index is 13.0. The molecule has 1 saturated heterocycles. The van der Waals surface area contributed by atoms with E-state index in [4.69, 9.17) is 32.7 Å². The Morgan fingerprint density at radius 2 is 1.63 bits per heavy atom. The molecule has 0 aromatic heterocycles. The second kappa shape index (κ2) is 8.63. The van der Waals surface area contributed by atoms with Gasteiger partial charge in [0.15, 0.2) is 11.5 Å². The highest BCUT2D eigenvalue weighted by atomic mass is 35.5. The molecular formula is C20H20Cl2N2O5S. The summed E-state index contributed by atoms with van der Waals surface area (Å²) in [5.41, 5.74) is 0.488. The van der Waals surface area contributed by atoms with Gasteiger partial charge in [-0.25, -0.2) is 8.42 Å². The van der Waals surface area contributed by atoms with Gasteiger partial charge in [-0.3, -0.25) is 4.79 Å². The van der Waals surface area contributed by atoms with Crippen LogP contribution in [0.15, 0.2) is 35.2 Å². The van der Waals surface area contributed by atoms with Crippen molar-refractivity contribution in [3.63, 3.8) is 0 Å². The van der Waals surface area contributed by atoms with Crippen molar-refractivity contribution >= 4 is 44.8 Å². The molecule has 0 saturated carbocycles. The summed E-state index contributed by atoms with van der Waals surface area (Å²) < 4.78 is 38.5. The molecule has 10 heteroatoms. The zero-order valence-corrected chi connectivity index (χ0v) is 18.3. The average Bonchev–Trinajstić information content (AvgIpc) is 2.74. The molecule has 2 aliphatic heterocycles. The van der Waals surface area contributed by atoms with Crippen LogP contribution >= 0.6 is 23.2 Å². The van der Waals surface area contributed by atoms with Crippen LogP contribution in [-0.2, 0) is 10.0 Å². The van der Waals surface area contributed by atoms with Gasteiger partial charge in [0.1, 0.15) is 18.1 Å². The minimum atomic E-state index is -3.82. The molecule has 0 unspecified atom stereocenters. The monoisotopic (exact) mass is 470 g/mol. The van der Waals surface area contributed by atoms with Crippen molar-refractivity contribution in [2.24, 2.45) is 0 Å². The van der Waals surface area contributed by atoms with Crippen LogP contribution in [0.4, 0.5) is 5.69 Å².